The highest BCUT2D eigenvalue weighted by molar-refractivity contribution is 5.96. The Morgan fingerprint density at radius 2 is 2.06 bits per heavy atom. The van der Waals surface area contributed by atoms with Crippen LogP contribution < -0.4 is 11.1 Å². The summed E-state index contributed by atoms with van der Waals surface area (Å²) in [6.45, 7) is 8.68. The maximum absolute atomic E-state index is 12.3. The summed E-state index contributed by atoms with van der Waals surface area (Å²) >= 11 is 0. The first-order valence-electron chi connectivity index (χ1n) is 6.51. The summed E-state index contributed by atoms with van der Waals surface area (Å²) in [5.41, 5.74) is 8.31. The second kappa shape index (κ2) is 6.01. The molecular weight excluding hydrogens is 224 g/mol. The van der Waals surface area contributed by atoms with Gasteiger partial charge in [0.25, 0.3) is 5.91 Å². The van der Waals surface area contributed by atoms with Crippen LogP contribution in [0.1, 0.15) is 48.2 Å². The number of hydrogen-bond donors (Lipinski definition) is 2. The predicted molar refractivity (Wildman–Crippen MR) is 75.7 cm³/mol. The van der Waals surface area contributed by atoms with Gasteiger partial charge in [0.15, 0.2) is 0 Å². The van der Waals surface area contributed by atoms with Crippen molar-refractivity contribution >= 4 is 5.91 Å². The molecule has 100 valence electrons. The van der Waals surface area contributed by atoms with Gasteiger partial charge in [-0.2, -0.15) is 0 Å². The van der Waals surface area contributed by atoms with Crippen molar-refractivity contribution < 1.29 is 4.79 Å². The zero-order chi connectivity index (χ0) is 13.8. The van der Waals surface area contributed by atoms with Gasteiger partial charge in [0, 0.05) is 11.1 Å². The van der Waals surface area contributed by atoms with Gasteiger partial charge in [-0.15, -0.1) is 0 Å². The molecule has 0 aliphatic carbocycles. The predicted octanol–water partition coefficient (Wildman–Crippen LogP) is 2.55. The minimum Gasteiger partial charge on any atom is -0.347 e. The second-order valence-electron chi connectivity index (χ2n) is 5.23. The van der Waals surface area contributed by atoms with Crippen molar-refractivity contribution in [2.45, 2.75) is 46.1 Å². The number of carbonyl (C=O) groups is 1. The lowest BCUT2D eigenvalue weighted by atomic mass is 9.93. The summed E-state index contributed by atoms with van der Waals surface area (Å²) in [5, 5.41) is 3.10. The number of benzene rings is 1. The Labute approximate surface area is 110 Å². The molecule has 3 N–H and O–H groups in total. The van der Waals surface area contributed by atoms with Crippen molar-refractivity contribution in [3.8, 4) is 0 Å². The maximum atomic E-state index is 12.3. The van der Waals surface area contributed by atoms with Crippen molar-refractivity contribution in [3.05, 3.63) is 34.9 Å². The molecule has 1 unspecified atom stereocenters. The van der Waals surface area contributed by atoms with Gasteiger partial charge in [-0.25, -0.2) is 0 Å². The van der Waals surface area contributed by atoms with Crippen LogP contribution in [0.5, 0.6) is 0 Å². The van der Waals surface area contributed by atoms with Crippen LogP contribution in [0.4, 0.5) is 0 Å². The quantitative estimate of drug-likeness (QED) is 0.841. The molecule has 1 rings (SSSR count). The standard InChI is InChI=1S/C15H24N2O/c1-5-15(4,8-9-16)17-14(18)13-7-6-11(2)10-12(13)3/h6-7,10H,5,8-9,16H2,1-4H3,(H,17,18). The Balaban J connectivity index is 2.87. The largest absolute Gasteiger partial charge is 0.347 e. The number of aryl methyl sites for hydroxylation is 2. The molecule has 0 aliphatic rings. The molecule has 3 heteroatoms. The first-order chi connectivity index (χ1) is 8.41. The van der Waals surface area contributed by atoms with Crippen LogP contribution in [0.3, 0.4) is 0 Å². The van der Waals surface area contributed by atoms with E-state index in [-0.39, 0.29) is 11.4 Å². The molecule has 18 heavy (non-hydrogen) atoms. The van der Waals surface area contributed by atoms with E-state index in [1.807, 2.05) is 39.0 Å². The van der Waals surface area contributed by atoms with Gasteiger partial charge in [-0.05, 0) is 51.8 Å². The van der Waals surface area contributed by atoms with E-state index in [2.05, 4.69) is 12.2 Å². The molecule has 0 bridgehead atoms. The van der Waals surface area contributed by atoms with Gasteiger partial charge in [0.05, 0.1) is 0 Å². The third kappa shape index (κ3) is 3.57. The molecular formula is C15H24N2O. The summed E-state index contributed by atoms with van der Waals surface area (Å²) in [4.78, 5) is 12.3. The van der Waals surface area contributed by atoms with Crippen molar-refractivity contribution in [1.82, 2.24) is 5.32 Å². The molecule has 1 amide bonds. The fourth-order valence-corrected chi connectivity index (χ4v) is 2.06. The van der Waals surface area contributed by atoms with Crippen molar-refractivity contribution in [3.63, 3.8) is 0 Å². The number of nitrogens with one attached hydrogen (secondary N) is 1. The Kier molecular flexibility index (Phi) is 4.91. The van der Waals surface area contributed by atoms with Gasteiger partial charge < -0.3 is 11.1 Å². The van der Waals surface area contributed by atoms with Crippen LogP contribution in [0, 0.1) is 13.8 Å². The van der Waals surface area contributed by atoms with E-state index in [9.17, 15) is 4.79 Å². The van der Waals surface area contributed by atoms with E-state index in [0.29, 0.717) is 6.54 Å². The fourth-order valence-electron chi connectivity index (χ4n) is 2.06. The molecule has 0 spiro atoms. The number of nitrogens with two attached hydrogens (primary N) is 1. The van der Waals surface area contributed by atoms with E-state index in [0.717, 1.165) is 24.0 Å². The average molecular weight is 248 g/mol. The van der Waals surface area contributed by atoms with Gasteiger partial charge in [-0.3, -0.25) is 4.79 Å². The van der Waals surface area contributed by atoms with Gasteiger partial charge in [0.1, 0.15) is 0 Å². The molecule has 0 fully saturated rings. The maximum Gasteiger partial charge on any atom is 0.251 e. The number of carbonyl (C=O) groups excluding carboxylic acids is 1. The lowest BCUT2D eigenvalue weighted by molar-refractivity contribution is 0.0899. The lowest BCUT2D eigenvalue weighted by Crippen LogP contribution is -2.47. The van der Waals surface area contributed by atoms with Crippen LogP contribution in [-0.2, 0) is 0 Å². The number of amides is 1. The number of rotatable bonds is 5. The van der Waals surface area contributed by atoms with Crippen molar-refractivity contribution in [2.24, 2.45) is 5.73 Å². The Hall–Kier alpha value is -1.35. The zero-order valence-electron chi connectivity index (χ0n) is 11.8. The van der Waals surface area contributed by atoms with Crippen LogP contribution >= 0.6 is 0 Å². The molecule has 0 heterocycles. The van der Waals surface area contributed by atoms with E-state index < -0.39 is 0 Å². The van der Waals surface area contributed by atoms with Crippen LogP contribution in [0.15, 0.2) is 18.2 Å². The molecule has 0 saturated carbocycles. The first-order valence-corrected chi connectivity index (χ1v) is 6.51. The smallest absolute Gasteiger partial charge is 0.251 e. The fraction of sp³-hybridized carbons (Fsp3) is 0.533. The Morgan fingerprint density at radius 1 is 1.39 bits per heavy atom. The Bertz CT molecular complexity index is 429. The molecule has 1 aromatic carbocycles. The SMILES string of the molecule is CCC(C)(CCN)NC(=O)c1ccc(C)cc1C. The molecule has 3 nitrogen and oxygen atoms in total. The molecule has 0 saturated heterocycles. The first kappa shape index (κ1) is 14.7. The van der Waals surface area contributed by atoms with Gasteiger partial charge in [0.2, 0.25) is 0 Å². The molecule has 1 aromatic rings. The van der Waals surface area contributed by atoms with Gasteiger partial charge >= 0.3 is 0 Å². The van der Waals surface area contributed by atoms with Crippen molar-refractivity contribution in [1.29, 1.82) is 0 Å². The summed E-state index contributed by atoms with van der Waals surface area (Å²) in [7, 11) is 0. The van der Waals surface area contributed by atoms with Crippen molar-refractivity contribution in [2.75, 3.05) is 6.54 Å². The average Bonchev–Trinajstić information content (AvgIpc) is 2.28. The number of hydrogen-bond acceptors (Lipinski definition) is 2. The summed E-state index contributed by atoms with van der Waals surface area (Å²) < 4.78 is 0. The van der Waals surface area contributed by atoms with Gasteiger partial charge in [-0.1, -0.05) is 24.6 Å². The summed E-state index contributed by atoms with van der Waals surface area (Å²) in [6, 6.07) is 5.88. The monoisotopic (exact) mass is 248 g/mol. The third-order valence-electron chi connectivity index (χ3n) is 3.52. The molecule has 0 radical (unpaired) electrons. The highest BCUT2D eigenvalue weighted by atomic mass is 16.1. The van der Waals surface area contributed by atoms with E-state index in [4.69, 9.17) is 5.73 Å². The molecule has 0 aromatic heterocycles. The topological polar surface area (TPSA) is 55.1 Å². The Morgan fingerprint density at radius 3 is 2.56 bits per heavy atom. The molecule has 1 atom stereocenters. The van der Waals surface area contributed by atoms with Crippen LogP contribution in [-0.4, -0.2) is 18.0 Å². The molecule has 0 aliphatic heterocycles. The van der Waals surface area contributed by atoms with Crippen LogP contribution in [0.25, 0.3) is 0 Å². The van der Waals surface area contributed by atoms with E-state index in [1.54, 1.807) is 0 Å². The van der Waals surface area contributed by atoms with E-state index in [1.165, 1.54) is 5.56 Å². The van der Waals surface area contributed by atoms with Crippen LogP contribution in [0.2, 0.25) is 0 Å². The zero-order valence-corrected chi connectivity index (χ0v) is 11.8. The third-order valence-corrected chi connectivity index (χ3v) is 3.52. The highest BCUT2D eigenvalue weighted by Gasteiger charge is 2.24. The summed E-state index contributed by atoms with van der Waals surface area (Å²) in [6.07, 6.45) is 1.67. The highest BCUT2D eigenvalue weighted by Crippen LogP contribution is 2.16. The summed E-state index contributed by atoms with van der Waals surface area (Å²) in [5.74, 6) is -0.00898. The minimum atomic E-state index is -0.219. The second-order valence-corrected chi connectivity index (χ2v) is 5.23. The normalized spacial score (nSPS) is 14.1. The minimum absolute atomic E-state index is 0.00898. The van der Waals surface area contributed by atoms with E-state index >= 15 is 0 Å². The lowest BCUT2D eigenvalue weighted by Gasteiger charge is -2.29.